The van der Waals surface area contributed by atoms with Crippen molar-refractivity contribution in [2.75, 3.05) is 5.32 Å². The van der Waals surface area contributed by atoms with E-state index in [1.54, 1.807) is 12.1 Å². The smallest absolute Gasteiger partial charge is 0.327 e. The minimum absolute atomic E-state index is 0.259. The number of anilines is 1. The van der Waals surface area contributed by atoms with E-state index in [1.165, 1.54) is 4.57 Å². The lowest BCUT2D eigenvalue weighted by Gasteiger charge is -2.19. The molecule has 2 heterocycles. The van der Waals surface area contributed by atoms with Crippen LogP contribution < -0.4 is 11.1 Å². The van der Waals surface area contributed by atoms with Crippen molar-refractivity contribution in [2.45, 2.75) is 52.1 Å². The molecule has 0 bridgehead atoms. The zero-order chi connectivity index (χ0) is 21.3. The number of benzene rings is 1. The van der Waals surface area contributed by atoms with Gasteiger partial charge in [-0.15, -0.1) is 0 Å². The predicted octanol–water partition coefficient (Wildman–Crippen LogP) is 3.55. The number of rotatable bonds is 5. The van der Waals surface area contributed by atoms with Gasteiger partial charge in [0.05, 0.1) is 5.56 Å². The molecule has 1 aromatic carbocycles. The van der Waals surface area contributed by atoms with Crippen LogP contribution in [0.5, 0.6) is 0 Å². The van der Waals surface area contributed by atoms with Crippen molar-refractivity contribution < 1.29 is 9.32 Å². The highest BCUT2D eigenvalue weighted by Crippen LogP contribution is 2.37. The minimum atomic E-state index is -0.706. The molecule has 8 heteroatoms. The van der Waals surface area contributed by atoms with Crippen molar-refractivity contribution in [3.8, 4) is 17.5 Å². The third-order valence-corrected chi connectivity index (χ3v) is 5.84. The van der Waals surface area contributed by atoms with E-state index in [0.717, 1.165) is 36.9 Å². The first-order valence-electron chi connectivity index (χ1n) is 10.0. The van der Waals surface area contributed by atoms with Crippen LogP contribution in [0, 0.1) is 25.2 Å². The highest BCUT2D eigenvalue weighted by Gasteiger charge is 2.27. The van der Waals surface area contributed by atoms with Crippen molar-refractivity contribution in [3.05, 3.63) is 57.7 Å². The summed E-state index contributed by atoms with van der Waals surface area (Å²) >= 11 is 0. The molecule has 1 aliphatic carbocycles. The summed E-state index contributed by atoms with van der Waals surface area (Å²) < 4.78 is 8.06. The van der Waals surface area contributed by atoms with Crippen LogP contribution in [0.15, 0.2) is 39.6 Å². The molecular formula is C22H23N5O3. The van der Waals surface area contributed by atoms with Crippen molar-refractivity contribution in [1.82, 2.24) is 14.3 Å². The average Bonchev–Trinajstić information content (AvgIpc) is 3.44. The molecule has 0 radical (unpaired) electrons. The standard InChI is InChI=1S/C22H23N5O3/c1-14-15(2)27(17-10-6-7-11-17)21(18(14)12-23)24-19(28)13-26-20(25-30-22(26)29)16-8-4-3-5-9-16/h3-5,8-9,17H,6-7,10-11,13H2,1-2H3,(H,24,28). The summed E-state index contributed by atoms with van der Waals surface area (Å²) in [6, 6.07) is 11.6. The number of carbonyl (C=O) groups excluding carboxylic acids is 1. The Morgan fingerprint density at radius 1 is 1.27 bits per heavy atom. The maximum absolute atomic E-state index is 12.9. The third-order valence-electron chi connectivity index (χ3n) is 5.84. The van der Waals surface area contributed by atoms with Crippen LogP contribution in [-0.2, 0) is 11.3 Å². The molecule has 4 rings (SSSR count). The number of hydrogen-bond donors (Lipinski definition) is 1. The second-order valence-corrected chi connectivity index (χ2v) is 7.63. The van der Waals surface area contributed by atoms with Gasteiger partial charge < -0.3 is 9.88 Å². The van der Waals surface area contributed by atoms with E-state index in [-0.39, 0.29) is 18.4 Å². The van der Waals surface area contributed by atoms with Crippen molar-refractivity contribution >= 4 is 11.7 Å². The van der Waals surface area contributed by atoms with E-state index in [2.05, 4.69) is 21.1 Å². The molecule has 1 N–H and O–H groups in total. The molecule has 2 aromatic heterocycles. The fourth-order valence-corrected chi connectivity index (χ4v) is 4.22. The summed E-state index contributed by atoms with van der Waals surface area (Å²) in [4.78, 5) is 25.1. The monoisotopic (exact) mass is 405 g/mol. The van der Waals surface area contributed by atoms with Crippen LogP contribution in [0.2, 0.25) is 0 Å². The molecule has 1 aliphatic rings. The first kappa shape index (κ1) is 19.7. The molecule has 0 unspecified atom stereocenters. The SMILES string of the molecule is Cc1c(C#N)c(NC(=O)Cn2c(-c3ccccc3)noc2=O)n(C2CCCC2)c1C. The zero-order valence-electron chi connectivity index (χ0n) is 17.0. The second kappa shape index (κ2) is 8.03. The Morgan fingerprint density at radius 3 is 2.63 bits per heavy atom. The molecule has 1 fully saturated rings. The van der Waals surface area contributed by atoms with Gasteiger partial charge in [0.1, 0.15) is 18.4 Å². The number of nitriles is 1. The largest absolute Gasteiger partial charge is 0.442 e. The quantitative estimate of drug-likeness (QED) is 0.699. The molecular weight excluding hydrogens is 382 g/mol. The Kier molecular flexibility index (Phi) is 5.27. The number of carbonyl (C=O) groups is 1. The van der Waals surface area contributed by atoms with E-state index in [4.69, 9.17) is 4.52 Å². The van der Waals surface area contributed by atoms with E-state index in [0.29, 0.717) is 16.9 Å². The molecule has 30 heavy (non-hydrogen) atoms. The van der Waals surface area contributed by atoms with Crippen molar-refractivity contribution in [3.63, 3.8) is 0 Å². The number of nitrogens with one attached hydrogen (secondary N) is 1. The third kappa shape index (κ3) is 3.43. The summed E-state index contributed by atoms with van der Waals surface area (Å²) in [7, 11) is 0. The minimum Gasteiger partial charge on any atom is -0.327 e. The zero-order valence-corrected chi connectivity index (χ0v) is 17.0. The Bertz CT molecular complexity index is 1170. The molecule has 0 aliphatic heterocycles. The molecule has 0 spiro atoms. The fraction of sp³-hybridized carbons (Fsp3) is 0.364. The maximum atomic E-state index is 12.9. The Morgan fingerprint density at radius 2 is 1.97 bits per heavy atom. The topological polar surface area (TPSA) is 106 Å². The van der Waals surface area contributed by atoms with E-state index >= 15 is 0 Å². The van der Waals surface area contributed by atoms with Gasteiger partial charge in [-0.05, 0) is 32.3 Å². The molecule has 1 amide bonds. The average molecular weight is 405 g/mol. The van der Waals surface area contributed by atoms with Crippen LogP contribution in [0.1, 0.15) is 48.5 Å². The van der Waals surface area contributed by atoms with Crippen LogP contribution in [-0.4, -0.2) is 20.2 Å². The molecule has 154 valence electrons. The van der Waals surface area contributed by atoms with Crippen LogP contribution in [0.3, 0.4) is 0 Å². The molecule has 0 saturated heterocycles. The molecule has 1 saturated carbocycles. The molecule has 0 atom stereocenters. The normalized spacial score (nSPS) is 14.0. The van der Waals surface area contributed by atoms with Gasteiger partial charge in [-0.1, -0.05) is 48.3 Å². The summed E-state index contributed by atoms with van der Waals surface area (Å²) in [5, 5.41) is 16.4. The van der Waals surface area contributed by atoms with Gasteiger partial charge in [0.25, 0.3) is 0 Å². The van der Waals surface area contributed by atoms with Crippen LogP contribution in [0.4, 0.5) is 5.82 Å². The number of amides is 1. The molecule has 8 nitrogen and oxygen atoms in total. The van der Waals surface area contributed by atoms with Gasteiger partial charge >= 0.3 is 5.76 Å². The van der Waals surface area contributed by atoms with E-state index in [9.17, 15) is 14.9 Å². The predicted molar refractivity (Wildman–Crippen MR) is 111 cm³/mol. The summed E-state index contributed by atoms with van der Waals surface area (Å²) in [6.07, 6.45) is 4.30. The van der Waals surface area contributed by atoms with Gasteiger partial charge in [-0.25, -0.2) is 9.36 Å². The van der Waals surface area contributed by atoms with Gasteiger partial charge in [0.15, 0.2) is 5.82 Å². The lowest BCUT2D eigenvalue weighted by Crippen LogP contribution is -2.27. The summed E-state index contributed by atoms with van der Waals surface area (Å²) in [6.45, 7) is 3.61. The van der Waals surface area contributed by atoms with Gasteiger partial charge in [-0.2, -0.15) is 5.26 Å². The highest BCUT2D eigenvalue weighted by atomic mass is 16.5. The Labute approximate surface area is 173 Å². The number of nitrogens with zero attached hydrogens (tertiary/aromatic N) is 4. The van der Waals surface area contributed by atoms with Crippen molar-refractivity contribution in [1.29, 1.82) is 5.26 Å². The lowest BCUT2D eigenvalue weighted by molar-refractivity contribution is -0.116. The summed E-state index contributed by atoms with van der Waals surface area (Å²) in [5.74, 6) is -0.321. The van der Waals surface area contributed by atoms with E-state index in [1.807, 2.05) is 32.0 Å². The Hall–Kier alpha value is -3.60. The van der Waals surface area contributed by atoms with Gasteiger partial charge in [0, 0.05) is 17.3 Å². The van der Waals surface area contributed by atoms with Gasteiger partial charge in [0.2, 0.25) is 5.91 Å². The Balaban J connectivity index is 1.65. The van der Waals surface area contributed by atoms with Gasteiger partial charge in [-0.3, -0.25) is 9.32 Å². The lowest BCUT2D eigenvalue weighted by atomic mass is 10.2. The number of hydrogen-bond acceptors (Lipinski definition) is 5. The van der Waals surface area contributed by atoms with E-state index < -0.39 is 11.7 Å². The highest BCUT2D eigenvalue weighted by molar-refractivity contribution is 5.92. The van der Waals surface area contributed by atoms with Crippen molar-refractivity contribution in [2.24, 2.45) is 0 Å². The summed E-state index contributed by atoms with van der Waals surface area (Å²) in [5.41, 5.74) is 3.00. The molecule has 3 aromatic rings. The second-order valence-electron chi connectivity index (χ2n) is 7.63. The van der Waals surface area contributed by atoms with Crippen LogP contribution >= 0.6 is 0 Å². The first-order valence-corrected chi connectivity index (χ1v) is 10.0. The number of aromatic nitrogens is 3. The fourth-order valence-electron chi connectivity index (χ4n) is 4.22. The maximum Gasteiger partial charge on any atom is 0.442 e. The van der Waals surface area contributed by atoms with Crippen LogP contribution in [0.25, 0.3) is 11.4 Å². The first-order chi connectivity index (χ1) is 14.5.